The summed E-state index contributed by atoms with van der Waals surface area (Å²) >= 11 is 17.3. The summed E-state index contributed by atoms with van der Waals surface area (Å²) < 4.78 is 30.5. The highest BCUT2D eigenvalue weighted by Gasteiger charge is 2.58. The Morgan fingerprint density at radius 1 is 0.658 bits per heavy atom. The normalized spacial score (nSPS) is 24.6. The highest BCUT2D eigenvalue weighted by molar-refractivity contribution is 6.76. The van der Waals surface area contributed by atoms with E-state index < -0.39 is 80.5 Å². The SMILES string of the molecule is COC(=O)[C@@H]1O[C@@H](OC(=N)C(Cl)(Cl)Cl)[C@H](OC(=O)C(C)(C)C)[C@@H](OC(=O)C(C)(C)C)[C@@H]1OC(=O)C(C)(C)C. The molecule has 0 aliphatic carbocycles. The zero-order valence-electron chi connectivity index (χ0n) is 23.1. The molecule has 14 heteroatoms. The summed E-state index contributed by atoms with van der Waals surface area (Å²) in [4.78, 5) is 51.6. The summed E-state index contributed by atoms with van der Waals surface area (Å²) in [6.45, 7) is 14.0. The number of nitrogens with one attached hydrogen (secondary N) is 1. The van der Waals surface area contributed by atoms with Crippen molar-refractivity contribution in [2.75, 3.05) is 7.11 Å². The van der Waals surface area contributed by atoms with E-state index in [1.54, 1.807) is 62.3 Å². The lowest BCUT2D eigenvalue weighted by Crippen LogP contribution is -2.65. The van der Waals surface area contributed by atoms with Crippen LogP contribution in [0.3, 0.4) is 0 Å². The third-order valence-corrected chi connectivity index (χ3v) is 5.50. The van der Waals surface area contributed by atoms with Crippen LogP contribution in [0.2, 0.25) is 0 Å². The molecule has 0 bridgehead atoms. The monoisotopic (exact) mass is 603 g/mol. The fourth-order valence-corrected chi connectivity index (χ4v) is 2.82. The summed E-state index contributed by atoms with van der Waals surface area (Å²) in [5, 5.41) is 7.99. The van der Waals surface area contributed by atoms with Crippen LogP contribution in [0, 0.1) is 21.7 Å². The van der Waals surface area contributed by atoms with E-state index in [0.29, 0.717) is 0 Å². The molecule has 0 spiro atoms. The van der Waals surface area contributed by atoms with Gasteiger partial charge in [-0.25, -0.2) is 4.79 Å². The second-order valence-corrected chi connectivity index (χ2v) is 14.0. The minimum atomic E-state index is -2.37. The summed E-state index contributed by atoms with van der Waals surface area (Å²) in [5.74, 6) is -4.36. The lowest BCUT2D eigenvalue weighted by Gasteiger charge is -2.45. The molecule has 0 aromatic heterocycles. The molecule has 0 aromatic carbocycles. The quantitative estimate of drug-likeness (QED) is 0.160. The van der Waals surface area contributed by atoms with E-state index in [-0.39, 0.29) is 0 Å². The maximum absolute atomic E-state index is 13.0. The van der Waals surface area contributed by atoms with Crippen molar-refractivity contribution in [3.8, 4) is 0 Å². The molecule has 1 N–H and O–H groups in total. The van der Waals surface area contributed by atoms with Crippen LogP contribution in [0.5, 0.6) is 0 Å². The molecule has 0 saturated carbocycles. The highest BCUT2D eigenvalue weighted by Crippen LogP contribution is 2.36. The first-order chi connectivity index (χ1) is 16.9. The van der Waals surface area contributed by atoms with Gasteiger partial charge < -0.3 is 28.4 Å². The van der Waals surface area contributed by atoms with Crippen molar-refractivity contribution < 1.29 is 47.6 Å². The summed E-state index contributed by atoms with van der Waals surface area (Å²) in [6.07, 6.45) is -8.57. The Balaban J connectivity index is 3.80. The standard InChI is InChI=1S/C24H36Cl3NO10/c1-21(2,3)18(30)35-11-12(36-19(31)22(4,5)6)14(37-20(32)23(7,8)9)16(34-13(11)15(29)33-10)38-17(28)24(25,26)27/h11-14,16,28H,1-10H3/t11-,12-,13+,14+,16-/m0/s1. The molecule has 5 atom stereocenters. The molecule has 218 valence electrons. The van der Waals surface area contributed by atoms with Gasteiger partial charge in [0.15, 0.2) is 18.3 Å². The molecule has 0 aromatic rings. The highest BCUT2D eigenvalue weighted by atomic mass is 35.6. The van der Waals surface area contributed by atoms with Gasteiger partial charge in [0.1, 0.15) is 0 Å². The van der Waals surface area contributed by atoms with Crippen molar-refractivity contribution in [1.29, 1.82) is 5.41 Å². The van der Waals surface area contributed by atoms with Gasteiger partial charge in [0, 0.05) is 0 Å². The van der Waals surface area contributed by atoms with Crippen molar-refractivity contribution in [3.63, 3.8) is 0 Å². The number of carbonyl (C=O) groups is 4. The predicted octanol–water partition coefficient (Wildman–Crippen LogP) is 4.12. The first-order valence-electron chi connectivity index (χ1n) is 11.6. The van der Waals surface area contributed by atoms with Crippen LogP contribution in [-0.2, 0) is 47.6 Å². The molecule has 38 heavy (non-hydrogen) atoms. The molecule has 0 unspecified atom stereocenters. The molecule has 0 amide bonds. The van der Waals surface area contributed by atoms with E-state index in [4.69, 9.17) is 68.6 Å². The number of alkyl halides is 3. The van der Waals surface area contributed by atoms with Gasteiger partial charge in [-0.2, -0.15) is 0 Å². The lowest BCUT2D eigenvalue weighted by atomic mass is 9.93. The second-order valence-electron chi connectivity index (χ2n) is 11.8. The molecule has 1 heterocycles. The molecule has 11 nitrogen and oxygen atoms in total. The molecule has 1 aliphatic rings. The number of methoxy groups -OCH3 is 1. The molecule has 1 aliphatic heterocycles. The maximum Gasteiger partial charge on any atom is 0.339 e. The Bertz CT molecular complexity index is 928. The van der Waals surface area contributed by atoms with Crippen LogP contribution in [0.25, 0.3) is 0 Å². The minimum absolute atomic E-state index is 0.786. The van der Waals surface area contributed by atoms with Crippen LogP contribution >= 0.6 is 34.8 Å². The zero-order chi connectivity index (χ0) is 30.0. The van der Waals surface area contributed by atoms with Gasteiger partial charge in [0.05, 0.1) is 23.4 Å². The molecular weight excluding hydrogens is 569 g/mol. The predicted molar refractivity (Wildman–Crippen MR) is 138 cm³/mol. The number of ether oxygens (including phenoxy) is 6. The topological polar surface area (TPSA) is 148 Å². The van der Waals surface area contributed by atoms with Crippen LogP contribution < -0.4 is 0 Å². The van der Waals surface area contributed by atoms with Crippen LogP contribution in [-0.4, -0.2) is 71.4 Å². The maximum atomic E-state index is 13.0. The molecule has 1 fully saturated rings. The Morgan fingerprint density at radius 2 is 1.03 bits per heavy atom. The lowest BCUT2D eigenvalue weighted by molar-refractivity contribution is -0.290. The van der Waals surface area contributed by atoms with Crippen molar-refractivity contribution in [3.05, 3.63) is 0 Å². The smallest absolute Gasteiger partial charge is 0.339 e. The van der Waals surface area contributed by atoms with Crippen LogP contribution in [0.1, 0.15) is 62.3 Å². The number of halogens is 3. The third kappa shape index (κ3) is 9.14. The zero-order valence-corrected chi connectivity index (χ0v) is 25.4. The number of rotatable bonds is 5. The molecule has 1 saturated heterocycles. The molecule has 0 radical (unpaired) electrons. The van der Waals surface area contributed by atoms with Crippen molar-refractivity contribution in [2.45, 2.75) is 96.8 Å². The Hall–Kier alpha value is -1.82. The Kier molecular flexibility index (Phi) is 10.9. The summed E-state index contributed by atoms with van der Waals surface area (Å²) in [7, 11) is 1.05. The second kappa shape index (κ2) is 12.1. The first kappa shape index (κ1) is 34.2. The van der Waals surface area contributed by atoms with Gasteiger partial charge in [-0.3, -0.25) is 19.8 Å². The van der Waals surface area contributed by atoms with Crippen molar-refractivity contribution in [1.82, 2.24) is 0 Å². The first-order valence-corrected chi connectivity index (χ1v) is 12.7. The van der Waals surface area contributed by atoms with Crippen molar-refractivity contribution in [2.24, 2.45) is 16.2 Å². The van der Waals surface area contributed by atoms with Gasteiger partial charge in [0.2, 0.25) is 18.3 Å². The molecular formula is C24H36Cl3NO10. The largest absolute Gasteiger partial charge is 0.467 e. The number of carbonyl (C=O) groups excluding carboxylic acids is 4. The Labute approximate surface area is 237 Å². The fraction of sp³-hybridized carbons (Fsp3) is 0.792. The van der Waals surface area contributed by atoms with E-state index in [9.17, 15) is 19.2 Å². The van der Waals surface area contributed by atoms with E-state index in [1.165, 1.54) is 0 Å². The number of esters is 4. The summed E-state index contributed by atoms with van der Waals surface area (Å²) in [5.41, 5.74) is -3.19. The number of hydrogen-bond donors (Lipinski definition) is 1. The minimum Gasteiger partial charge on any atom is -0.467 e. The van der Waals surface area contributed by atoms with E-state index in [2.05, 4.69) is 0 Å². The van der Waals surface area contributed by atoms with Crippen LogP contribution in [0.4, 0.5) is 0 Å². The van der Waals surface area contributed by atoms with E-state index >= 15 is 0 Å². The van der Waals surface area contributed by atoms with Crippen LogP contribution in [0.15, 0.2) is 0 Å². The summed E-state index contributed by atoms with van der Waals surface area (Å²) in [6, 6.07) is 0. The van der Waals surface area contributed by atoms with Gasteiger partial charge in [-0.05, 0) is 62.3 Å². The van der Waals surface area contributed by atoms with Gasteiger partial charge in [0.25, 0.3) is 3.79 Å². The van der Waals surface area contributed by atoms with Gasteiger partial charge in [-0.15, -0.1) is 0 Å². The van der Waals surface area contributed by atoms with E-state index in [1.807, 2.05) is 0 Å². The molecule has 1 rings (SSSR count). The average Bonchev–Trinajstić information content (AvgIpc) is 2.73. The van der Waals surface area contributed by atoms with Gasteiger partial charge >= 0.3 is 23.9 Å². The third-order valence-electron chi connectivity index (χ3n) is 4.99. The van der Waals surface area contributed by atoms with Gasteiger partial charge in [-0.1, -0.05) is 34.8 Å². The van der Waals surface area contributed by atoms with E-state index in [0.717, 1.165) is 7.11 Å². The Morgan fingerprint density at radius 3 is 1.37 bits per heavy atom. The number of hydrogen-bond acceptors (Lipinski definition) is 11. The van der Waals surface area contributed by atoms with Crippen molar-refractivity contribution >= 4 is 64.6 Å². The average molecular weight is 605 g/mol. The fourth-order valence-electron chi connectivity index (χ4n) is 2.68.